The summed E-state index contributed by atoms with van der Waals surface area (Å²) in [5.41, 5.74) is 13.1. The first kappa shape index (κ1) is 23.3. The van der Waals surface area contributed by atoms with Crippen molar-refractivity contribution in [2.24, 2.45) is 11.5 Å². The summed E-state index contributed by atoms with van der Waals surface area (Å²) >= 11 is 0. The lowest BCUT2D eigenvalue weighted by molar-refractivity contribution is -0.131. The Balaban J connectivity index is 1.57. The number of nitrogens with one attached hydrogen (secondary N) is 2. The third-order valence-electron chi connectivity index (χ3n) is 6.58. The molecule has 0 aromatic heterocycles. The fraction of sp³-hybridized carbons (Fsp3) is 0.375. The first-order valence-corrected chi connectivity index (χ1v) is 10.7. The molecule has 2 aromatic rings. The third kappa shape index (κ3) is 4.91. The van der Waals surface area contributed by atoms with Gasteiger partial charge in [0.25, 0.3) is 5.91 Å². The van der Waals surface area contributed by atoms with Gasteiger partial charge in [-0.05, 0) is 49.4 Å². The number of aromatic hydroxyl groups is 1. The fourth-order valence-electron chi connectivity index (χ4n) is 4.41. The van der Waals surface area contributed by atoms with Crippen LogP contribution in [-0.2, 0) is 10.2 Å². The van der Waals surface area contributed by atoms with Crippen molar-refractivity contribution in [3.63, 3.8) is 0 Å². The van der Waals surface area contributed by atoms with Gasteiger partial charge < -0.3 is 26.8 Å². The van der Waals surface area contributed by atoms with Crippen LogP contribution in [0.5, 0.6) is 5.75 Å². The Bertz CT molecular complexity index is 984. The van der Waals surface area contributed by atoms with Gasteiger partial charge in [-0.25, -0.2) is 0 Å². The molecule has 32 heavy (non-hydrogen) atoms. The second-order valence-electron chi connectivity index (χ2n) is 8.41. The molecule has 2 aromatic carbocycles. The van der Waals surface area contributed by atoms with Gasteiger partial charge in [0.05, 0.1) is 12.1 Å². The molecule has 0 unspecified atom stereocenters. The van der Waals surface area contributed by atoms with Crippen LogP contribution < -0.4 is 16.8 Å². The minimum absolute atomic E-state index is 0.0265. The summed E-state index contributed by atoms with van der Waals surface area (Å²) in [6.07, 6.45) is 3.47. The summed E-state index contributed by atoms with van der Waals surface area (Å²) in [7, 11) is 1.75. The maximum atomic E-state index is 12.7. The molecular weight excluding hydrogens is 406 g/mol. The Kier molecular flexibility index (Phi) is 7.15. The number of carbonyl (C=O) groups excluding carboxylic acids is 2. The first-order chi connectivity index (χ1) is 15.3. The zero-order valence-electron chi connectivity index (χ0n) is 18.3. The van der Waals surface area contributed by atoms with Gasteiger partial charge in [-0.15, -0.1) is 0 Å². The van der Waals surface area contributed by atoms with Crippen LogP contribution in [0.2, 0.25) is 0 Å². The minimum atomic E-state index is -0.595. The van der Waals surface area contributed by atoms with E-state index in [9.17, 15) is 14.7 Å². The highest BCUT2D eigenvalue weighted by molar-refractivity contribution is 6.02. The third-order valence-corrected chi connectivity index (χ3v) is 6.58. The predicted molar refractivity (Wildman–Crippen MR) is 124 cm³/mol. The zero-order valence-corrected chi connectivity index (χ0v) is 18.3. The van der Waals surface area contributed by atoms with E-state index in [4.69, 9.17) is 16.9 Å². The predicted octanol–water partition coefficient (Wildman–Crippen LogP) is 1.70. The lowest BCUT2D eigenvalue weighted by Gasteiger charge is -2.42. The number of amides is 2. The smallest absolute Gasteiger partial charge is 0.255 e. The molecule has 0 heterocycles. The van der Waals surface area contributed by atoms with E-state index < -0.39 is 5.91 Å². The van der Waals surface area contributed by atoms with Crippen molar-refractivity contribution in [2.75, 3.05) is 20.1 Å². The summed E-state index contributed by atoms with van der Waals surface area (Å²) in [5, 5.41) is 20.0. The molecule has 1 aliphatic carbocycles. The average Bonchev–Trinajstić information content (AvgIpc) is 2.82. The average molecular weight is 438 g/mol. The largest absolute Gasteiger partial charge is 0.507 e. The van der Waals surface area contributed by atoms with Crippen molar-refractivity contribution >= 4 is 17.6 Å². The van der Waals surface area contributed by atoms with Gasteiger partial charge >= 0.3 is 0 Å². The molecule has 1 saturated carbocycles. The summed E-state index contributed by atoms with van der Waals surface area (Å²) in [5.74, 6) is -1.25. The van der Waals surface area contributed by atoms with Gasteiger partial charge in [-0.3, -0.25) is 15.0 Å². The summed E-state index contributed by atoms with van der Waals surface area (Å²) in [4.78, 5) is 26.9. The van der Waals surface area contributed by atoms with Crippen LogP contribution in [0.3, 0.4) is 0 Å². The van der Waals surface area contributed by atoms with Crippen LogP contribution in [0.15, 0.2) is 48.5 Å². The quantitative estimate of drug-likeness (QED) is 0.331. The minimum Gasteiger partial charge on any atom is -0.507 e. The lowest BCUT2D eigenvalue weighted by atomic mass is 9.68. The van der Waals surface area contributed by atoms with Crippen LogP contribution in [0.4, 0.5) is 0 Å². The molecule has 3 rings (SSSR count). The first-order valence-electron chi connectivity index (χ1n) is 10.7. The Morgan fingerprint density at radius 2 is 1.84 bits per heavy atom. The van der Waals surface area contributed by atoms with Crippen molar-refractivity contribution in [2.45, 2.75) is 37.1 Å². The van der Waals surface area contributed by atoms with Crippen molar-refractivity contribution in [3.05, 3.63) is 65.2 Å². The van der Waals surface area contributed by atoms with Crippen LogP contribution in [0.25, 0.3) is 0 Å². The molecule has 0 saturated heterocycles. The monoisotopic (exact) mass is 437 g/mol. The Morgan fingerprint density at radius 1 is 1.19 bits per heavy atom. The molecular formula is C24H31N5O3. The van der Waals surface area contributed by atoms with E-state index in [0.717, 1.165) is 25.7 Å². The number of nitrogens with two attached hydrogens (primary N) is 2. The normalized spacial score (nSPS) is 20.4. The number of rotatable bonds is 7. The number of nitrogen functional groups attached to an aromatic ring is 1. The van der Waals surface area contributed by atoms with E-state index in [1.54, 1.807) is 11.9 Å². The number of hydrogen-bond acceptors (Lipinski definition) is 5. The standard InChI is InChI=1S/C24H31N5O3/c1-29(18-9-11-24(15-25,12-10-18)17-5-3-2-4-6-17)21(31)14-28-23(32)19-13-16(22(26)27)7-8-20(19)30/h2-8,13,18,30H,9-12,14-15,25H2,1H3,(H3,26,27)(H,28,32). The van der Waals surface area contributed by atoms with Crippen molar-refractivity contribution in [3.8, 4) is 5.75 Å². The molecule has 8 heteroatoms. The molecule has 8 nitrogen and oxygen atoms in total. The number of hydrogen-bond donors (Lipinski definition) is 5. The number of amidine groups is 1. The number of benzene rings is 2. The van der Waals surface area contributed by atoms with E-state index >= 15 is 0 Å². The molecule has 0 atom stereocenters. The number of carbonyl (C=O) groups is 2. The van der Waals surface area contributed by atoms with Crippen LogP contribution >= 0.6 is 0 Å². The Labute approximate surface area is 188 Å². The highest BCUT2D eigenvalue weighted by Crippen LogP contribution is 2.39. The molecule has 1 fully saturated rings. The summed E-state index contributed by atoms with van der Waals surface area (Å²) in [6.45, 7) is 0.385. The number of phenolic OH excluding ortho intramolecular Hbond substituents is 1. The molecule has 0 bridgehead atoms. The Morgan fingerprint density at radius 3 is 2.44 bits per heavy atom. The van der Waals surface area contributed by atoms with E-state index in [2.05, 4.69) is 17.4 Å². The Hall–Kier alpha value is -3.39. The molecule has 1 aliphatic rings. The summed E-state index contributed by atoms with van der Waals surface area (Å²) in [6, 6.07) is 14.5. The van der Waals surface area contributed by atoms with Crippen LogP contribution in [-0.4, -0.2) is 53.8 Å². The van der Waals surface area contributed by atoms with Gasteiger partial charge in [0, 0.05) is 30.6 Å². The maximum absolute atomic E-state index is 12.7. The summed E-state index contributed by atoms with van der Waals surface area (Å²) < 4.78 is 0. The molecule has 170 valence electrons. The molecule has 0 radical (unpaired) electrons. The number of nitrogens with zero attached hydrogens (tertiary/aromatic N) is 1. The van der Waals surface area contributed by atoms with E-state index in [0.29, 0.717) is 12.1 Å². The topological polar surface area (TPSA) is 146 Å². The number of likely N-dealkylation sites (N-methyl/N-ethyl adjacent to an activating group) is 1. The van der Waals surface area contributed by atoms with E-state index in [1.807, 2.05) is 18.2 Å². The molecule has 0 aliphatic heterocycles. The molecule has 7 N–H and O–H groups in total. The van der Waals surface area contributed by atoms with Crippen molar-refractivity contribution in [1.82, 2.24) is 10.2 Å². The van der Waals surface area contributed by atoms with Crippen LogP contribution in [0.1, 0.15) is 47.2 Å². The highest BCUT2D eigenvalue weighted by Gasteiger charge is 2.37. The second kappa shape index (κ2) is 9.82. The van der Waals surface area contributed by atoms with E-state index in [-0.39, 0.29) is 41.1 Å². The van der Waals surface area contributed by atoms with Gasteiger partial charge in [0.15, 0.2) is 0 Å². The zero-order chi connectivity index (χ0) is 23.3. The second-order valence-corrected chi connectivity index (χ2v) is 8.41. The molecule has 2 amide bonds. The SMILES string of the molecule is CN(C(=O)CNC(=O)c1cc(C(=N)N)ccc1O)C1CCC(CN)(c2ccccc2)CC1. The maximum Gasteiger partial charge on any atom is 0.255 e. The fourth-order valence-corrected chi connectivity index (χ4v) is 4.41. The van der Waals surface area contributed by atoms with E-state index in [1.165, 1.54) is 23.8 Å². The van der Waals surface area contributed by atoms with Gasteiger partial charge in [0.1, 0.15) is 11.6 Å². The van der Waals surface area contributed by atoms with Gasteiger partial charge in [-0.1, -0.05) is 30.3 Å². The van der Waals surface area contributed by atoms with Crippen LogP contribution in [0, 0.1) is 5.41 Å². The van der Waals surface area contributed by atoms with Crippen molar-refractivity contribution < 1.29 is 14.7 Å². The van der Waals surface area contributed by atoms with Gasteiger partial charge in [0.2, 0.25) is 5.91 Å². The lowest BCUT2D eigenvalue weighted by Crippen LogP contribution is -2.48. The molecule has 0 spiro atoms. The highest BCUT2D eigenvalue weighted by atomic mass is 16.3. The van der Waals surface area contributed by atoms with Crippen molar-refractivity contribution in [1.29, 1.82) is 5.41 Å². The van der Waals surface area contributed by atoms with Gasteiger partial charge in [-0.2, -0.15) is 0 Å². The number of phenols is 1.